The zero-order chi connectivity index (χ0) is 22.9. The Labute approximate surface area is 197 Å². The monoisotopic (exact) mass is 449 g/mol. The summed E-state index contributed by atoms with van der Waals surface area (Å²) in [4.78, 5) is 22.8. The minimum absolute atomic E-state index is 0.191. The molecule has 5 rings (SSSR count). The molecular formula is C28H23N3OS. The van der Waals surface area contributed by atoms with Crippen LogP contribution in [-0.4, -0.2) is 15.9 Å². The van der Waals surface area contributed by atoms with Crippen molar-refractivity contribution in [1.29, 1.82) is 0 Å². The number of nitrogens with one attached hydrogen (secondary N) is 1. The summed E-state index contributed by atoms with van der Waals surface area (Å²) in [5, 5.41) is 6.38. The van der Waals surface area contributed by atoms with E-state index < -0.39 is 0 Å². The van der Waals surface area contributed by atoms with Crippen LogP contribution in [0.1, 0.15) is 27.0 Å². The summed E-state index contributed by atoms with van der Waals surface area (Å²) in [5.41, 5.74) is 8.61. The first-order valence-electron chi connectivity index (χ1n) is 10.8. The van der Waals surface area contributed by atoms with E-state index in [-0.39, 0.29) is 5.91 Å². The Morgan fingerprint density at radius 1 is 0.818 bits per heavy atom. The number of carbonyl (C=O) groups is 1. The number of aryl methyl sites for hydroxylation is 3. The van der Waals surface area contributed by atoms with Crippen LogP contribution in [0.3, 0.4) is 0 Å². The Morgan fingerprint density at radius 2 is 1.64 bits per heavy atom. The van der Waals surface area contributed by atoms with Crippen LogP contribution in [0.4, 0.5) is 5.13 Å². The van der Waals surface area contributed by atoms with Gasteiger partial charge in [0.15, 0.2) is 5.13 Å². The van der Waals surface area contributed by atoms with E-state index in [1.165, 1.54) is 22.5 Å². The van der Waals surface area contributed by atoms with Gasteiger partial charge >= 0.3 is 0 Å². The molecule has 2 aromatic heterocycles. The molecule has 3 aromatic carbocycles. The lowest BCUT2D eigenvalue weighted by Gasteiger charge is -2.10. The topological polar surface area (TPSA) is 54.9 Å². The highest BCUT2D eigenvalue weighted by atomic mass is 32.1. The summed E-state index contributed by atoms with van der Waals surface area (Å²) in [6.45, 7) is 6.21. The second kappa shape index (κ2) is 8.60. The van der Waals surface area contributed by atoms with Gasteiger partial charge in [0.25, 0.3) is 5.91 Å². The van der Waals surface area contributed by atoms with Gasteiger partial charge in [-0.05, 0) is 44.5 Å². The summed E-state index contributed by atoms with van der Waals surface area (Å²) < 4.78 is 0. The number of thiazole rings is 1. The summed E-state index contributed by atoms with van der Waals surface area (Å²) in [6, 6.07) is 24.0. The fraction of sp³-hybridized carbons (Fsp3) is 0.107. The first kappa shape index (κ1) is 21.0. The average molecular weight is 450 g/mol. The van der Waals surface area contributed by atoms with Gasteiger partial charge in [-0.1, -0.05) is 65.7 Å². The first-order valence-corrected chi connectivity index (χ1v) is 11.7. The van der Waals surface area contributed by atoms with Crippen LogP contribution >= 0.6 is 11.3 Å². The summed E-state index contributed by atoms with van der Waals surface area (Å²) >= 11 is 1.43. The largest absolute Gasteiger partial charge is 0.298 e. The number of benzene rings is 3. The van der Waals surface area contributed by atoms with Crippen molar-refractivity contribution in [3.8, 4) is 22.5 Å². The zero-order valence-corrected chi connectivity index (χ0v) is 19.5. The second-order valence-corrected chi connectivity index (χ2v) is 9.11. The Bertz CT molecular complexity index is 1500. The normalized spacial score (nSPS) is 11.0. The van der Waals surface area contributed by atoms with Gasteiger partial charge in [-0.15, -0.1) is 11.3 Å². The average Bonchev–Trinajstić information content (AvgIpc) is 3.26. The molecule has 5 heteroatoms. The van der Waals surface area contributed by atoms with Gasteiger partial charge in [-0.2, -0.15) is 0 Å². The lowest BCUT2D eigenvalue weighted by Crippen LogP contribution is -2.13. The number of anilines is 1. The minimum atomic E-state index is -0.191. The van der Waals surface area contributed by atoms with Crippen molar-refractivity contribution in [1.82, 2.24) is 9.97 Å². The van der Waals surface area contributed by atoms with Gasteiger partial charge in [0.2, 0.25) is 0 Å². The van der Waals surface area contributed by atoms with E-state index in [2.05, 4.69) is 48.4 Å². The molecule has 0 aliphatic heterocycles. The maximum atomic E-state index is 13.4. The van der Waals surface area contributed by atoms with Crippen LogP contribution in [0, 0.1) is 20.8 Å². The number of rotatable bonds is 4. The van der Waals surface area contributed by atoms with Crippen molar-refractivity contribution in [3.63, 3.8) is 0 Å². The quantitative estimate of drug-likeness (QED) is 0.315. The Hall–Kier alpha value is -3.83. The van der Waals surface area contributed by atoms with Crippen molar-refractivity contribution < 1.29 is 4.79 Å². The Balaban J connectivity index is 1.50. The molecule has 0 aliphatic rings. The van der Waals surface area contributed by atoms with E-state index >= 15 is 0 Å². The van der Waals surface area contributed by atoms with Gasteiger partial charge in [0.05, 0.1) is 22.5 Å². The number of aromatic nitrogens is 2. The number of hydrogen-bond acceptors (Lipinski definition) is 4. The molecule has 0 saturated carbocycles. The van der Waals surface area contributed by atoms with Gasteiger partial charge in [0, 0.05) is 21.9 Å². The SMILES string of the molecule is Cc1cccc(-c2cc(C(=O)Nc3nc(-c4ccc(C)cc4C)cs3)c3ccccc3n2)c1. The molecule has 0 bridgehead atoms. The molecule has 0 radical (unpaired) electrons. The fourth-order valence-corrected chi connectivity index (χ4v) is 4.74. The lowest BCUT2D eigenvalue weighted by molar-refractivity contribution is 0.102. The van der Waals surface area contributed by atoms with Crippen LogP contribution in [0.15, 0.2) is 78.2 Å². The number of hydrogen-bond donors (Lipinski definition) is 1. The molecule has 1 N–H and O–H groups in total. The molecule has 0 aliphatic carbocycles. The van der Waals surface area contributed by atoms with Crippen molar-refractivity contribution >= 4 is 33.3 Å². The van der Waals surface area contributed by atoms with Crippen LogP contribution in [-0.2, 0) is 0 Å². The smallest absolute Gasteiger partial charge is 0.258 e. The predicted octanol–water partition coefficient (Wildman–Crippen LogP) is 7.20. The molecule has 0 atom stereocenters. The molecule has 2 heterocycles. The van der Waals surface area contributed by atoms with Gasteiger partial charge in [-0.25, -0.2) is 9.97 Å². The van der Waals surface area contributed by atoms with Crippen molar-refractivity contribution in [3.05, 3.63) is 100 Å². The van der Waals surface area contributed by atoms with Crippen LogP contribution < -0.4 is 5.32 Å². The van der Waals surface area contributed by atoms with Gasteiger partial charge in [-0.3, -0.25) is 10.1 Å². The number of carbonyl (C=O) groups excluding carboxylic acids is 1. The molecule has 0 spiro atoms. The highest BCUT2D eigenvalue weighted by Gasteiger charge is 2.16. The molecule has 162 valence electrons. The Morgan fingerprint density at radius 3 is 2.45 bits per heavy atom. The maximum Gasteiger partial charge on any atom is 0.258 e. The van der Waals surface area contributed by atoms with E-state index in [0.29, 0.717) is 10.7 Å². The van der Waals surface area contributed by atoms with E-state index in [0.717, 1.165) is 39.0 Å². The van der Waals surface area contributed by atoms with E-state index in [1.54, 1.807) is 0 Å². The number of nitrogens with zero attached hydrogens (tertiary/aromatic N) is 2. The molecule has 1 amide bonds. The molecule has 0 fully saturated rings. The standard InChI is InChI=1S/C28H23N3OS/c1-17-7-6-8-20(14-17)25-15-23(22-9-4-5-10-24(22)29-25)27(32)31-28-30-26(16-33-28)21-12-11-18(2)13-19(21)3/h4-16H,1-3H3,(H,30,31,32). The minimum Gasteiger partial charge on any atom is -0.298 e. The first-order chi connectivity index (χ1) is 16.0. The molecule has 5 aromatic rings. The summed E-state index contributed by atoms with van der Waals surface area (Å²) in [6.07, 6.45) is 0. The predicted molar refractivity (Wildman–Crippen MR) is 137 cm³/mol. The van der Waals surface area contributed by atoms with Crippen LogP contribution in [0.25, 0.3) is 33.4 Å². The van der Waals surface area contributed by atoms with Crippen molar-refractivity contribution in [2.24, 2.45) is 0 Å². The van der Waals surface area contributed by atoms with Crippen LogP contribution in [0.5, 0.6) is 0 Å². The number of para-hydroxylation sites is 1. The third-order valence-electron chi connectivity index (χ3n) is 5.66. The molecule has 0 saturated heterocycles. The van der Waals surface area contributed by atoms with Gasteiger partial charge in [0.1, 0.15) is 0 Å². The van der Waals surface area contributed by atoms with Crippen LogP contribution in [0.2, 0.25) is 0 Å². The van der Waals surface area contributed by atoms with Gasteiger partial charge < -0.3 is 0 Å². The molecular weight excluding hydrogens is 426 g/mol. The second-order valence-electron chi connectivity index (χ2n) is 8.25. The fourth-order valence-electron chi connectivity index (χ4n) is 4.04. The third kappa shape index (κ3) is 4.28. The number of pyridine rings is 1. The number of amides is 1. The lowest BCUT2D eigenvalue weighted by atomic mass is 10.0. The zero-order valence-electron chi connectivity index (χ0n) is 18.7. The maximum absolute atomic E-state index is 13.4. The third-order valence-corrected chi connectivity index (χ3v) is 6.41. The van der Waals surface area contributed by atoms with E-state index in [9.17, 15) is 4.79 Å². The highest BCUT2D eigenvalue weighted by Crippen LogP contribution is 2.30. The summed E-state index contributed by atoms with van der Waals surface area (Å²) in [7, 11) is 0. The highest BCUT2D eigenvalue weighted by molar-refractivity contribution is 7.14. The molecule has 0 unspecified atom stereocenters. The summed E-state index contributed by atoms with van der Waals surface area (Å²) in [5.74, 6) is -0.191. The van der Waals surface area contributed by atoms with Crippen molar-refractivity contribution in [2.75, 3.05) is 5.32 Å². The Kier molecular flexibility index (Phi) is 5.48. The molecule has 4 nitrogen and oxygen atoms in total. The molecule has 33 heavy (non-hydrogen) atoms. The van der Waals surface area contributed by atoms with E-state index in [4.69, 9.17) is 4.98 Å². The van der Waals surface area contributed by atoms with Crippen molar-refractivity contribution in [2.45, 2.75) is 20.8 Å². The van der Waals surface area contributed by atoms with E-state index in [1.807, 2.05) is 60.8 Å². The number of fused-ring (bicyclic) bond motifs is 1.